The summed E-state index contributed by atoms with van der Waals surface area (Å²) in [5, 5.41) is 0.626. The predicted molar refractivity (Wildman–Crippen MR) is 116 cm³/mol. The molecular formula is C23H25ClFN3O2. The molecule has 3 heterocycles. The third kappa shape index (κ3) is 3.92. The van der Waals surface area contributed by atoms with Crippen molar-refractivity contribution in [3.8, 4) is 0 Å². The molecule has 2 atom stereocenters. The van der Waals surface area contributed by atoms with E-state index in [-0.39, 0.29) is 23.7 Å². The van der Waals surface area contributed by atoms with E-state index in [1.807, 2.05) is 28.8 Å². The van der Waals surface area contributed by atoms with E-state index in [1.54, 1.807) is 6.07 Å². The zero-order valence-electron chi connectivity index (χ0n) is 16.7. The third-order valence-electron chi connectivity index (χ3n) is 6.48. The van der Waals surface area contributed by atoms with Crippen molar-refractivity contribution in [1.82, 2.24) is 14.5 Å². The number of nitrogens with one attached hydrogen (secondary N) is 1. The number of hydrogen-bond donors (Lipinski definition) is 1. The number of H-pyrrole nitrogens is 1. The SMILES string of the molecule is O=c1[nH]c2cc(Cl)ccc2n1C1CCN(CC2CC(c3ccc(F)cc3)CO2)CC1. The fraction of sp³-hybridized carbons (Fsp3) is 0.435. The van der Waals surface area contributed by atoms with Crippen LogP contribution >= 0.6 is 11.6 Å². The van der Waals surface area contributed by atoms with E-state index < -0.39 is 0 Å². The maximum absolute atomic E-state index is 13.2. The monoisotopic (exact) mass is 429 g/mol. The van der Waals surface area contributed by atoms with Crippen LogP contribution in [-0.4, -0.2) is 46.8 Å². The van der Waals surface area contributed by atoms with Gasteiger partial charge in [0.2, 0.25) is 0 Å². The van der Waals surface area contributed by atoms with Crippen LogP contribution in [0.4, 0.5) is 4.39 Å². The zero-order chi connectivity index (χ0) is 20.7. The number of hydrogen-bond acceptors (Lipinski definition) is 3. The summed E-state index contributed by atoms with van der Waals surface area (Å²) in [6.07, 6.45) is 3.04. The summed E-state index contributed by atoms with van der Waals surface area (Å²) in [6.45, 7) is 3.49. The quantitative estimate of drug-likeness (QED) is 0.671. The molecule has 2 aromatic carbocycles. The van der Waals surface area contributed by atoms with Crippen LogP contribution in [0.3, 0.4) is 0 Å². The van der Waals surface area contributed by atoms with Crippen molar-refractivity contribution in [2.45, 2.75) is 37.3 Å². The number of piperidine rings is 1. The molecule has 3 aromatic rings. The molecule has 0 saturated carbocycles. The number of imidazole rings is 1. The van der Waals surface area contributed by atoms with E-state index in [2.05, 4.69) is 9.88 Å². The number of rotatable bonds is 4. The molecule has 0 amide bonds. The summed E-state index contributed by atoms with van der Waals surface area (Å²) >= 11 is 6.06. The molecule has 2 aliphatic rings. The van der Waals surface area contributed by atoms with Crippen LogP contribution < -0.4 is 5.69 Å². The smallest absolute Gasteiger partial charge is 0.326 e. The lowest BCUT2D eigenvalue weighted by atomic mass is 9.96. The molecule has 1 aromatic heterocycles. The van der Waals surface area contributed by atoms with Gasteiger partial charge in [0, 0.05) is 36.6 Å². The first-order valence-corrected chi connectivity index (χ1v) is 10.9. The van der Waals surface area contributed by atoms with Gasteiger partial charge in [0.25, 0.3) is 0 Å². The van der Waals surface area contributed by atoms with E-state index in [1.165, 1.54) is 12.1 Å². The summed E-state index contributed by atoms with van der Waals surface area (Å²) in [4.78, 5) is 17.9. The number of fused-ring (bicyclic) bond motifs is 1. The fourth-order valence-corrected chi connectivity index (χ4v) is 5.09. The van der Waals surface area contributed by atoms with Gasteiger partial charge < -0.3 is 14.6 Å². The van der Waals surface area contributed by atoms with E-state index in [4.69, 9.17) is 16.3 Å². The molecule has 5 rings (SSSR count). The number of ether oxygens (including phenoxy) is 1. The molecule has 0 spiro atoms. The zero-order valence-corrected chi connectivity index (χ0v) is 17.4. The van der Waals surface area contributed by atoms with Gasteiger partial charge in [-0.05, 0) is 55.2 Å². The van der Waals surface area contributed by atoms with Crippen molar-refractivity contribution < 1.29 is 9.13 Å². The number of aromatic nitrogens is 2. The Balaban J connectivity index is 1.19. The van der Waals surface area contributed by atoms with E-state index >= 15 is 0 Å². The number of likely N-dealkylation sites (tertiary alicyclic amines) is 1. The number of nitrogens with zero attached hydrogens (tertiary/aromatic N) is 2. The first-order valence-electron chi connectivity index (χ1n) is 10.6. The minimum atomic E-state index is -0.200. The van der Waals surface area contributed by atoms with Gasteiger partial charge in [-0.2, -0.15) is 0 Å². The second-order valence-corrected chi connectivity index (χ2v) is 8.87. The normalized spacial score (nSPS) is 23.4. The Labute approximate surface area is 179 Å². The van der Waals surface area contributed by atoms with Crippen molar-refractivity contribution >= 4 is 22.6 Å². The van der Waals surface area contributed by atoms with Crippen molar-refractivity contribution in [3.63, 3.8) is 0 Å². The molecule has 5 nitrogen and oxygen atoms in total. The summed E-state index contributed by atoms with van der Waals surface area (Å²) in [5.41, 5.74) is 2.80. The molecule has 0 aliphatic carbocycles. The van der Waals surface area contributed by atoms with Gasteiger partial charge in [0.1, 0.15) is 5.82 Å². The highest BCUT2D eigenvalue weighted by atomic mass is 35.5. The van der Waals surface area contributed by atoms with Gasteiger partial charge in [-0.3, -0.25) is 4.57 Å². The van der Waals surface area contributed by atoms with E-state index in [9.17, 15) is 9.18 Å². The van der Waals surface area contributed by atoms with Crippen molar-refractivity contribution in [1.29, 1.82) is 0 Å². The van der Waals surface area contributed by atoms with Crippen LogP contribution in [0.5, 0.6) is 0 Å². The van der Waals surface area contributed by atoms with Crippen LogP contribution in [0.1, 0.15) is 36.8 Å². The van der Waals surface area contributed by atoms with Gasteiger partial charge in [-0.1, -0.05) is 23.7 Å². The summed E-state index contributed by atoms with van der Waals surface area (Å²) in [5.74, 6) is 0.138. The van der Waals surface area contributed by atoms with Crippen LogP contribution in [0.2, 0.25) is 5.02 Å². The lowest BCUT2D eigenvalue weighted by molar-refractivity contribution is 0.0601. The van der Waals surface area contributed by atoms with Crippen LogP contribution in [0.15, 0.2) is 47.3 Å². The lowest BCUT2D eigenvalue weighted by Gasteiger charge is -2.33. The molecule has 2 aliphatic heterocycles. The Morgan fingerprint density at radius 3 is 2.67 bits per heavy atom. The third-order valence-corrected chi connectivity index (χ3v) is 6.72. The molecular weight excluding hydrogens is 405 g/mol. The minimum Gasteiger partial charge on any atom is -0.376 e. The van der Waals surface area contributed by atoms with Crippen molar-refractivity contribution in [2.75, 3.05) is 26.2 Å². The van der Waals surface area contributed by atoms with Gasteiger partial charge >= 0.3 is 5.69 Å². The Bertz CT molecular complexity index is 1090. The molecule has 2 saturated heterocycles. The largest absolute Gasteiger partial charge is 0.376 e. The molecule has 30 heavy (non-hydrogen) atoms. The van der Waals surface area contributed by atoms with Crippen LogP contribution in [-0.2, 0) is 4.74 Å². The highest BCUT2D eigenvalue weighted by Gasteiger charge is 2.30. The molecule has 1 N–H and O–H groups in total. The molecule has 2 unspecified atom stereocenters. The average molecular weight is 430 g/mol. The maximum atomic E-state index is 13.2. The Kier molecular flexibility index (Phi) is 5.39. The van der Waals surface area contributed by atoms with Crippen molar-refractivity contribution in [3.05, 3.63) is 69.4 Å². The van der Waals surface area contributed by atoms with Crippen LogP contribution in [0, 0.1) is 5.82 Å². The molecule has 0 bridgehead atoms. The average Bonchev–Trinajstić information content (AvgIpc) is 3.32. The maximum Gasteiger partial charge on any atom is 0.326 e. The topological polar surface area (TPSA) is 50.3 Å². The number of benzene rings is 2. The second-order valence-electron chi connectivity index (χ2n) is 8.43. The first kappa shape index (κ1) is 19.8. The summed E-state index contributed by atoms with van der Waals surface area (Å²) in [6, 6.07) is 12.5. The summed E-state index contributed by atoms with van der Waals surface area (Å²) < 4.78 is 21.1. The van der Waals surface area contributed by atoms with Crippen molar-refractivity contribution in [2.24, 2.45) is 0 Å². The number of halogens is 2. The lowest BCUT2D eigenvalue weighted by Crippen LogP contribution is -2.40. The van der Waals surface area contributed by atoms with E-state index in [0.29, 0.717) is 17.5 Å². The van der Waals surface area contributed by atoms with Gasteiger partial charge in [-0.15, -0.1) is 0 Å². The molecule has 7 heteroatoms. The molecule has 158 valence electrons. The van der Waals surface area contributed by atoms with Gasteiger partial charge in [0.15, 0.2) is 0 Å². The van der Waals surface area contributed by atoms with Gasteiger partial charge in [0.05, 0.1) is 23.7 Å². The minimum absolute atomic E-state index is 0.0630. The molecule has 0 radical (unpaired) electrons. The standard InChI is InChI=1S/C23H25ClFN3O2/c24-17-3-6-22-21(12-17)26-23(29)28(22)19-7-9-27(10-8-19)13-20-11-16(14-30-20)15-1-4-18(25)5-2-15/h1-6,12,16,19-20H,7-11,13-14H2,(H,26,29). The molecule has 2 fully saturated rings. The summed E-state index contributed by atoms with van der Waals surface area (Å²) in [7, 11) is 0. The number of aromatic amines is 1. The van der Waals surface area contributed by atoms with Gasteiger partial charge in [-0.25, -0.2) is 9.18 Å². The Morgan fingerprint density at radius 2 is 1.90 bits per heavy atom. The second kappa shape index (κ2) is 8.17. The Morgan fingerprint density at radius 1 is 1.13 bits per heavy atom. The first-order chi connectivity index (χ1) is 14.6. The van der Waals surface area contributed by atoms with E-state index in [0.717, 1.165) is 55.5 Å². The fourth-order valence-electron chi connectivity index (χ4n) is 4.91. The Hall–Kier alpha value is -2.15. The predicted octanol–water partition coefficient (Wildman–Crippen LogP) is 4.33. The highest BCUT2D eigenvalue weighted by Crippen LogP contribution is 2.31. The highest BCUT2D eigenvalue weighted by molar-refractivity contribution is 6.31. The van der Waals surface area contributed by atoms with Crippen LogP contribution in [0.25, 0.3) is 11.0 Å².